The van der Waals surface area contributed by atoms with Crippen LogP contribution in [-0.4, -0.2) is 26.4 Å². The van der Waals surface area contributed by atoms with Gasteiger partial charge in [-0.1, -0.05) is 333 Å². The SMILES string of the molecule is CCCCCCCCCCOc1cc(C#Cc2cccc(C#Cc3cc(OCCCCCCCCCC)c(C#Cc4ccc(C#Cc5ccc(-c6ccc([C+](c7ccccc7)c7ccccc7)cc6)cc5)cc4)cc3OCCCCCCCCCC)c2)c(OCCCCCCCCCC)cc1C#Cc1ccc(C#Cc2ccc(-c3ccc([C+](c4ccccc4)c4ccccc4)cc3)cc2)cc1. The molecule has 0 aliphatic carbocycles. The summed E-state index contributed by atoms with van der Waals surface area (Å²) in [6.07, 6.45) is 38.5. The maximum atomic E-state index is 6.82. The van der Waals surface area contributed by atoms with Gasteiger partial charge in [0, 0.05) is 68.8 Å². The van der Waals surface area contributed by atoms with Crippen molar-refractivity contribution in [1.29, 1.82) is 0 Å². The highest BCUT2D eigenvalue weighted by atomic mass is 16.5. The number of hydrogen-bond donors (Lipinski definition) is 0. The summed E-state index contributed by atoms with van der Waals surface area (Å²) in [5.41, 5.74) is 21.9. The lowest BCUT2D eigenvalue weighted by atomic mass is 9.84. The van der Waals surface area contributed by atoms with Crippen molar-refractivity contribution in [3.05, 3.63) is 427 Å². The van der Waals surface area contributed by atoms with E-state index in [1.54, 1.807) is 0 Å². The molecular weight excluding hydrogens is 1650 g/mol. The van der Waals surface area contributed by atoms with Gasteiger partial charge in [-0.25, -0.2) is 0 Å². The van der Waals surface area contributed by atoms with Gasteiger partial charge in [0.25, 0.3) is 0 Å². The quantitative estimate of drug-likeness (QED) is 0.0165. The van der Waals surface area contributed by atoms with Crippen LogP contribution in [0.4, 0.5) is 0 Å². The molecule has 13 aromatic carbocycles. The summed E-state index contributed by atoms with van der Waals surface area (Å²) in [5, 5.41) is 0. The smallest absolute Gasteiger partial charge is 0.136 e. The summed E-state index contributed by atoms with van der Waals surface area (Å²) in [4.78, 5) is 0. The van der Waals surface area contributed by atoms with E-state index >= 15 is 0 Å². The molecule has 0 N–H and O–H groups in total. The summed E-state index contributed by atoms with van der Waals surface area (Å²) in [6, 6.07) is 110. The van der Waals surface area contributed by atoms with Crippen molar-refractivity contribution in [2.75, 3.05) is 26.4 Å². The zero-order valence-corrected chi connectivity index (χ0v) is 81.1. The fourth-order valence-electron chi connectivity index (χ4n) is 17.0. The minimum Gasteiger partial charge on any atom is -0.492 e. The van der Waals surface area contributed by atoms with Crippen LogP contribution in [0.1, 0.15) is 333 Å². The molecule has 0 radical (unpaired) electrons. The van der Waals surface area contributed by atoms with Crippen LogP contribution in [0.2, 0.25) is 0 Å². The van der Waals surface area contributed by atoms with E-state index in [0.717, 1.165) is 140 Å². The van der Waals surface area contributed by atoms with E-state index in [9.17, 15) is 0 Å². The highest BCUT2D eigenvalue weighted by molar-refractivity contribution is 5.71. The van der Waals surface area contributed by atoms with E-state index in [1.807, 2.05) is 6.07 Å². The van der Waals surface area contributed by atoms with Crippen LogP contribution < -0.4 is 18.9 Å². The minimum absolute atomic E-state index is 0.572. The molecule has 0 saturated heterocycles. The molecule has 13 rings (SSSR count). The Morgan fingerprint density at radius 3 is 0.574 bits per heavy atom. The fraction of sp³-hybridized carbons (Fsp3) is 0.303. The van der Waals surface area contributed by atoms with Crippen molar-refractivity contribution in [2.45, 2.75) is 233 Å². The summed E-state index contributed by atoms with van der Waals surface area (Å²) < 4.78 is 27.3. The van der Waals surface area contributed by atoms with Crippen LogP contribution in [0, 0.1) is 82.9 Å². The number of benzene rings is 13. The van der Waals surface area contributed by atoms with Gasteiger partial charge in [-0.2, -0.15) is 0 Å². The second kappa shape index (κ2) is 57.7. The number of hydrogen-bond acceptors (Lipinski definition) is 4. The normalized spacial score (nSPS) is 10.6. The molecule has 0 spiro atoms. The summed E-state index contributed by atoms with van der Waals surface area (Å²) >= 11 is 0. The molecule has 4 heteroatoms. The van der Waals surface area contributed by atoms with Gasteiger partial charge in [0.2, 0.25) is 0 Å². The molecule has 0 amide bonds. The first-order valence-corrected chi connectivity index (χ1v) is 51.0. The van der Waals surface area contributed by atoms with E-state index in [4.69, 9.17) is 18.9 Å². The van der Waals surface area contributed by atoms with Gasteiger partial charge in [0.1, 0.15) is 23.0 Å². The van der Waals surface area contributed by atoms with E-state index in [2.05, 4.69) is 408 Å². The standard InChI is InChI=1S/C132H136O4/c1-5-9-13-17-21-25-29-45-96-133-127-103-125(129(135-98-47-31-27-23-19-15-11-7-3)101-123(127)84-76-107-66-60-105(61-67-107)64-70-109-72-80-113(81-73-109)115-88-92-121(93-89-115)131(117-52-37-33-38-53-117)118-54-39-34-40-55-118)86-78-111-50-49-51-112(100-111)79-87-126-104-128(134-97-46-30-26-22-18-14-10-6-2)124(102-130(126)136-99-48-32-28-24-20-16-12-8-4)85-77-108-68-62-106(63-69-108)65-71-110-74-82-114(83-75-110)116-90-94-122(95-91-116)132(119-56-41-35-42-57-119)120-58-43-36-44-59-120/h33-44,49-63,66-69,72-75,80-83,88-95,100-104H,5-32,45-48,96-99H2,1-4H3/q+2. The first-order chi connectivity index (χ1) is 67.3. The molecule has 0 unspecified atom stereocenters. The van der Waals surface area contributed by atoms with Gasteiger partial charge in [-0.05, 0) is 285 Å². The Kier molecular flexibility index (Phi) is 42.3. The molecule has 0 bridgehead atoms. The predicted molar refractivity (Wildman–Crippen MR) is 571 cm³/mol. The third kappa shape index (κ3) is 33.4. The second-order valence-corrected chi connectivity index (χ2v) is 35.7. The number of ether oxygens (including phenoxy) is 4. The first kappa shape index (κ1) is 99.6. The van der Waals surface area contributed by atoms with Crippen molar-refractivity contribution in [2.24, 2.45) is 0 Å². The molecule has 4 nitrogen and oxygen atoms in total. The van der Waals surface area contributed by atoms with Crippen molar-refractivity contribution >= 4 is 0 Å². The molecule has 0 aliphatic heterocycles. The molecule has 686 valence electrons. The average molecular weight is 1790 g/mol. The monoisotopic (exact) mass is 1790 g/mol. The molecule has 0 aliphatic rings. The molecule has 0 fully saturated rings. The van der Waals surface area contributed by atoms with Crippen molar-refractivity contribution in [3.8, 4) is 116 Å². The number of rotatable bonds is 48. The first-order valence-electron chi connectivity index (χ1n) is 51.0. The third-order valence-electron chi connectivity index (χ3n) is 24.9. The summed E-state index contributed by atoms with van der Waals surface area (Å²) in [5.74, 6) is 47.3. The highest BCUT2D eigenvalue weighted by Crippen LogP contribution is 2.37. The van der Waals surface area contributed by atoms with Crippen LogP contribution in [0.15, 0.2) is 315 Å². The zero-order valence-electron chi connectivity index (χ0n) is 81.1. The van der Waals surface area contributed by atoms with Crippen LogP contribution in [0.5, 0.6) is 23.0 Å². The largest absolute Gasteiger partial charge is 0.492 e. The van der Waals surface area contributed by atoms with Crippen LogP contribution in [0.3, 0.4) is 0 Å². The van der Waals surface area contributed by atoms with Gasteiger partial charge < -0.3 is 18.9 Å². The Morgan fingerprint density at radius 2 is 0.346 bits per heavy atom. The Morgan fingerprint density at radius 1 is 0.162 bits per heavy atom. The van der Waals surface area contributed by atoms with E-state index in [0.29, 0.717) is 49.4 Å². The van der Waals surface area contributed by atoms with E-state index < -0.39 is 0 Å². The van der Waals surface area contributed by atoms with Crippen molar-refractivity contribution in [1.82, 2.24) is 0 Å². The molecular formula is C132H136O4+2. The van der Waals surface area contributed by atoms with Gasteiger partial charge >= 0.3 is 0 Å². The Bertz CT molecular complexity index is 5680. The van der Waals surface area contributed by atoms with Crippen molar-refractivity contribution < 1.29 is 18.9 Å². The molecule has 0 heterocycles. The Balaban J connectivity index is 0.742. The fourth-order valence-corrected chi connectivity index (χ4v) is 17.0. The second-order valence-electron chi connectivity index (χ2n) is 35.7. The predicted octanol–water partition coefficient (Wildman–Crippen LogP) is 33.5. The minimum atomic E-state index is 0.572. The average Bonchev–Trinajstić information content (AvgIpc) is 0.805. The van der Waals surface area contributed by atoms with Crippen LogP contribution in [-0.2, 0) is 0 Å². The topological polar surface area (TPSA) is 36.9 Å². The Hall–Kier alpha value is -13.8. The van der Waals surface area contributed by atoms with Crippen molar-refractivity contribution in [3.63, 3.8) is 0 Å². The molecule has 0 aromatic heterocycles. The van der Waals surface area contributed by atoms with E-state index in [-0.39, 0.29) is 0 Å². The lowest BCUT2D eigenvalue weighted by molar-refractivity contribution is 0.295. The van der Waals surface area contributed by atoms with Gasteiger partial charge in [-0.3, -0.25) is 0 Å². The maximum Gasteiger partial charge on any atom is 0.136 e. The van der Waals surface area contributed by atoms with Gasteiger partial charge in [0.05, 0.1) is 93.9 Å². The van der Waals surface area contributed by atoms with Gasteiger partial charge in [-0.15, -0.1) is 0 Å². The molecule has 136 heavy (non-hydrogen) atoms. The summed E-state index contributed by atoms with van der Waals surface area (Å²) in [6.45, 7) is 11.4. The molecule has 0 saturated carbocycles. The maximum absolute atomic E-state index is 6.82. The molecule has 0 atom stereocenters. The zero-order chi connectivity index (χ0) is 93.7. The van der Waals surface area contributed by atoms with Crippen LogP contribution in [0.25, 0.3) is 22.3 Å². The highest BCUT2D eigenvalue weighted by Gasteiger charge is 2.25. The van der Waals surface area contributed by atoms with Gasteiger partial charge in [0.15, 0.2) is 0 Å². The van der Waals surface area contributed by atoms with E-state index in [1.165, 1.54) is 199 Å². The molecule has 13 aromatic rings. The Labute approximate surface area is 816 Å². The number of unbranched alkanes of at least 4 members (excludes halogenated alkanes) is 28. The third-order valence-corrected chi connectivity index (χ3v) is 24.9. The summed E-state index contributed by atoms with van der Waals surface area (Å²) in [7, 11) is 0. The lowest BCUT2D eigenvalue weighted by Crippen LogP contribution is -2.04. The lowest BCUT2D eigenvalue weighted by Gasteiger charge is -2.14. The van der Waals surface area contributed by atoms with Crippen LogP contribution >= 0.6 is 0 Å².